The van der Waals surface area contributed by atoms with Gasteiger partial charge in [0.1, 0.15) is 0 Å². The molecule has 6 nitrogen and oxygen atoms in total. The molecule has 2 rings (SSSR count). The molecule has 2 N–H and O–H groups in total. The van der Waals surface area contributed by atoms with Crippen LogP contribution in [0.3, 0.4) is 0 Å². The van der Waals surface area contributed by atoms with Crippen molar-refractivity contribution in [2.45, 2.75) is 25.3 Å². The molecule has 0 aliphatic carbocycles. The SMILES string of the molecule is COC(=O)c1ccc(C(=O)NC2CCCNC(=O)C2)cc1. The summed E-state index contributed by atoms with van der Waals surface area (Å²) in [6, 6.07) is 6.07. The van der Waals surface area contributed by atoms with Crippen molar-refractivity contribution in [1.29, 1.82) is 0 Å². The molecule has 1 aliphatic heterocycles. The third kappa shape index (κ3) is 4.05. The van der Waals surface area contributed by atoms with E-state index in [9.17, 15) is 14.4 Å². The minimum Gasteiger partial charge on any atom is -0.465 e. The molecule has 1 aromatic rings. The number of hydrogen-bond donors (Lipinski definition) is 2. The normalized spacial score (nSPS) is 18.3. The Balaban J connectivity index is 1.99. The van der Waals surface area contributed by atoms with Crippen LogP contribution < -0.4 is 10.6 Å². The zero-order chi connectivity index (χ0) is 15.2. The molecule has 0 radical (unpaired) electrons. The molecule has 1 unspecified atom stereocenters. The second kappa shape index (κ2) is 6.88. The molecular formula is C15H18N2O4. The zero-order valence-electron chi connectivity index (χ0n) is 11.8. The number of amides is 2. The van der Waals surface area contributed by atoms with Crippen molar-refractivity contribution < 1.29 is 19.1 Å². The van der Waals surface area contributed by atoms with Gasteiger partial charge in [0.05, 0.1) is 12.7 Å². The Hall–Kier alpha value is -2.37. The first kappa shape index (κ1) is 15.0. The van der Waals surface area contributed by atoms with Crippen LogP contribution in [0.1, 0.15) is 40.0 Å². The summed E-state index contributed by atoms with van der Waals surface area (Å²) in [7, 11) is 1.31. The maximum absolute atomic E-state index is 12.1. The average Bonchev–Trinajstić information content (AvgIpc) is 2.70. The minimum atomic E-state index is -0.442. The van der Waals surface area contributed by atoms with Gasteiger partial charge in [0.25, 0.3) is 5.91 Å². The molecule has 0 saturated carbocycles. The zero-order valence-corrected chi connectivity index (χ0v) is 11.8. The lowest BCUT2D eigenvalue weighted by atomic mass is 10.1. The standard InChI is InChI=1S/C15H18N2O4/c1-21-15(20)11-6-4-10(5-7-11)14(19)17-12-3-2-8-16-13(18)9-12/h4-7,12H,2-3,8-9H2,1H3,(H,16,18)(H,17,19). The Labute approximate surface area is 122 Å². The van der Waals surface area contributed by atoms with E-state index in [1.54, 1.807) is 24.3 Å². The van der Waals surface area contributed by atoms with E-state index in [4.69, 9.17) is 0 Å². The molecule has 2 amide bonds. The van der Waals surface area contributed by atoms with Gasteiger partial charge in [-0.1, -0.05) is 0 Å². The topological polar surface area (TPSA) is 84.5 Å². The second-order valence-electron chi connectivity index (χ2n) is 4.94. The highest BCUT2D eigenvalue weighted by molar-refractivity contribution is 5.96. The Bertz CT molecular complexity index is 539. The molecular weight excluding hydrogens is 272 g/mol. The fraction of sp³-hybridized carbons (Fsp3) is 0.400. The summed E-state index contributed by atoms with van der Waals surface area (Å²) in [5.41, 5.74) is 0.843. The number of carbonyl (C=O) groups is 3. The fourth-order valence-corrected chi connectivity index (χ4v) is 2.24. The van der Waals surface area contributed by atoms with Gasteiger partial charge in [-0.15, -0.1) is 0 Å². The Morgan fingerprint density at radius 2 is 1.90 bits per heavy atom. The molecule has 1 atom stereocenters. The van der Waals surface area contributed by atoms with Gasteiger partial charge in [-0.2, -0.15) is 0 Å². The van der Waals surface area contributed by atoms with Gasteiger partial charge in [-0.25, -0.2) is 4.79 Å². The van der Waals surface area contributed by atoms with Gasteiger partial charge in [0.15, 0.2) is 0 Å². The third-order valence-corrected chi connectivity index (χ3v) is 3.39. The van der Waals surface area contributed by atoms with Crippen LogP contribution in [0.5, 0.6) is 0 Å². The van der Waals surface area contributed by atoms with Crippen molar-refractivity contribution in [3.05, 3.63) is 35.4 Å². The number of benzene rings is 1. The number of rotatable bonds is 3. The molecule has 0 spiro atoms. The van der Waals surface area contributed by atoms with E-state index in [1.807, 2.05) is 0 Å². The summed E-state index contributed by atoms with van der Waals surface area (Å²) in [5, 5.41) is 5.62. The smallest absolute Gasteiger partial charge is 0.337 e. The minimum absolute atomic E-state index is 0.0427. The molecule has 1 aromatic carbocycles. The van der Waals surface area contributed by atoms with E-state index in [0.717, 1.165) is 12.8 Å². The molecule has 112 valence electrons. The lowest BCUT2D eigenvalue weighted by Gasteiger charge is -2.15. The molecule has 1 saturated heterocycles. The number of carbonyl (C=O) groups excluding carboxylic acids is 3. The monoisotopic (exact) mass is 290 g/mol. The van der Waals surface area contributed by atoms with Gasteiger partial charge in [0, 0.05) is 24.6 Å². The molecule has 1 aliphatic rings. The number of esters is 1. The van der Waals surface area contributed by atoms with Gasteiger partial charge < -0.3 is 15.4 Å². The summed E-state index contributed by atoms with van der Waals surface area (Å²) in [4.78, 5) is 34.9. The Kier molecular flexibility index (Phi) is 4.92. The van der Waals surface area contributed by atoms with Crippen LogP contribution >= 0.6 is 0 Å². The number of hydrogen-bond acceptors (Lipinski definition) is 4. The van der Waals surface area contributed by atoms with E-state index in [1.165, 1.54) is 7.11 Å². The second-order valence-corrected chi connectivity index (χ2v) is 4.94. The van der Waals surface area contributed by atoms with Crippen molar-refractivity contribution in [2.75, 3.05) is 13.7 Å². The molecule has 0 bridgehead atoms. The molecule has 0 aromatic heterocycles. The van der Waals surface area contributed by atoms with Crippen molar-refractivity contribution in [1.82, 2.24) is 10.6 Å². The molecule has 1 heterocycles. The summed E-state index contributed by atoms with van der Waals surface area (Å²) < 4.78 is 4.60. The number of ether oxygens (including phenoxy) is 1. The van der Waals surface area contributed by atoms with Crippen molar-refractivity contribution >= 4 is 17.8 Å². The van der Waals surface area contributed by atoms with Crippen LogP contribution in [-0.4, -0.2) is 37.5 Å². The number of nitrogens with one attached hydrogen (secondary N) is 2. The van der Waals surface area contributed by atoms with Crippen LogP contribution in [0.2, 0.25) is 0 Å². The first-order valence-corrected chi connectivity index (χ1v) is 6.86. The van der Waals surface area contributed by atoms with Crippen LogP contribution in [0, 0.1) is 0 Å². The van der Waals surface area contributed by atoms with E-state index in [-0.39, 0.29) is 17.9 Å². The summed E-state index contributed by atoms with van der Waals surface area (Å²) in [6.07, 6.45) is 1.91. The van der Waals surface area contributed by atoms with Crippen LogP contribution in [0.4, 0.5) is 0 Å². The van der Waals surface area contributed by atoms with E-state index >= 15 is 0 Å². The fourth-order valence-electron chi connectivity index (χ4n) is 2.24. The largest absolute Gasteiger partial charge is 0.465 e. The Morgan fingerprint density at radius 3 is 2.57 bits per heavy atom. The van der Waals surface area contributed by atoms with Crippen molar-refractivity contribution in [2.24, 2.45) is 0 Å². The first-order valence-electron chi connectivity index (χ1n) is 6.86. The average molecular weight is 290 g/mol. The van der Waals surface area contributed by atoms with Gasteiger partial charge in [0.2, 0.25) is 5.91 Å². The lowest BCUT2D eigenvalue weighted by Crippen LogP contribution is -2.36. The van der Waals surface area contributed by atoms with E-state index < -0.39 is 5.97 Å². The lowest BCUT2D eigenvalue weighted by molar-refractivity contribution is -0.121. The highest BCUT2D eigenvalue weighted by atomic mass is 16.5. The van der Waals surface area contributed by atoms with E-state index in [2.05, 4.69) is 15.4 Å². The van der Waals surface area contributed by atoms with Crippen molar-refractivity contribution in [3.8, 4) is 0 Å². The third-order valence-electron chi connectivity index (χ3n) is 3.39. The molecule has 6 heteroatoms. The predicted molar refractivity (Wildman–Crippen MR) is 75.9 cm³/mol. The van der Waals surface area contributed by atoms with Crippen LogP contribution in [-0.2, 0) is 9.53 Å². The summed E-state index contributed by atoms with van der Waals surface area (Å²) in [5.74, 6) is -0.729. The maximum Gasteiger partial charge on any atom is 0.337 e. The van der Waals surface area contributed by atoms with Crippen LogP contribution in [0.15, 0.2) is 24.3 Å². The molecule has 21 heavy (non-hydrogen) atoms. The van der Waals surface area contributed by atoms with Crippen LogP contribution in [0.25, 0.3) is 0 Å². The summed E-state index contributed by atoms with van der Waals surface area (Å²) >= 11 is 0. The first-order chi connectivity index (χ1) is 10.1. The summed E-state index contributed by atoms with van der Waals surface area (Å²) in [6.45, 7) is 0.652. The van der Waals surface area contributed by atoms with E-state index in [0.29, 0.717) is 24.1 Å². The highest BCUT2D eigenvalue weighted by Gasteiger charge is 2.19. The molecule has 1 fully saturated rings. The number of methoxy groups -OCH3 is 1. The van der Waals surface area contributed by atoms with Crippen molar-refractivity contribution in [3.63, 3.8) is 0 Å². The quantitative estimate of drug-likeness (QED) is 0.809. The van der Waals surface area contributed by atoms with Gasteiger partial charge in [-0.05, 0) is 37.1 Å². The highest BCUT2D eigenvalue weighted by Crippen LogP contribution is 2.09. The maximum atomic E-state index is 12.1. The van der Waals surface area contributed by atoms with Gasteiger partial charge in [-0.3, -0.25) is 9.59 Å². The Morgan fingerprint density at radius 1 is 1.24 bits per heavy atom. The van der Waals surface area contributed by atoms with Gasteiger partial charge >= 0.3 is 5.97 Å². The predicted octanol–water partition coefficient (Wildman–Crippen LogP) is 0.872.